The first kappa shape index (κ1) is 21.9. The van der Waals surface area contributed by atoms with Gasteiger partial charge < -0.3 is 15.4 Å². The number of aryl methyl sites for hydroxylation is 2. The Hall–Kier alpha value is -1.35. The number of thiazole rings is 1. The first-order chi connectivity index (χ1) is 12.7. The summed E-state index contributed by atoms with van der Waals surface area (Å²) in [7, 11) is 0. The number of halogens is 1. The number of guanidine groups is 1. The smallest absolute Gasteiger partial charge is 0.191 e. The summed E-state index contributed by atoms with van der Waals surface area (Å²) in [6.07, 6.45) is 2.95. The van der Waals surface area contributed by atoms with Gasteiger partial charge in [0.2, 0.25) is 0 Å². The summed E-state index contributed by atoms with van der Waals surface area (Å²) in [5.41, 5.74) is 3.81. The van der Waals surface area contributed by atoms with Crippen molar-refractivity contribution in [3.05, 3.63) is 44.9 Å². The highest BCUT2D eigenvalue weighted by atomic mass is 127. The van der Waals surface area contributed by atoms with Crippen LogP contribution < -0.4 is 15.4 Å². The van der Waals surface area contributed by atoms with Gasteiger partial charge in [-0.05, 0) is 44.4 Å². The van der Waals surface area contributed by atoms with Crippen molar-refractivity contribution in [2.45, 2.75) is 40.0 Å². The van der Waals surface area contributed by atoms with Crippen LogP contribution in [0.3, 0.4) is 0 Å². The van der Waals surface area contributed by atoms with Crippen LogP contribution in [-0.2, 0) is 19.3 Å². The second-order valence-electron chi connectivity index (χ2n) is 6.47. The summed E-state index contributed by atoms with van der Waals surface area (Å²) < 4.78 is 5.57. The molecule has 0 atom stereocenters. The van der Waals surface area contributed by atoms with Crippen LogP contribution in [0.5, 0.6) is 5.75 Å². The quantitative estimate of drug-likeness (QED) is 0.346. The third-order valence-corrected chi connectivity index (χ3v) is 5.55. The molecular formula is C20H29IN4OS. The van der Waals surface area contributed by atoms with E-state index in [1.165, 1.54) is 16.0 Å². The molecule has 1 aromatic carbocycles. The Labute approximate surface area is 183 Å². The van der Waals surface area contributed by atoms with E-state index in [-0.39, 0.29) is 24.0 Å². The fourth-order valence-corrected chi connectivity index (χ4v) is 4.06. The van der Waals surface area contributed by atoms with Gasteiger partial charge in [0.1, 0.15) is 5.75 Å². The van der Waals surface area contributed by atoms with E-state index in [0.29, 0.717) is 0 Å². The lowest BCUT2D eigenvalue weighted by molar-refractivity contribution is 0.357. The predicted octanol–water partition coefficient (Wildman–Crippen LogP) is 3.65. The number of fused-ring (bicyclic) bond motifs is 1. The van der Waals surface area contributed by atoms with Crippen LogP contribution >= 0.6 is 35.3 Å². The minimum atomic E-state index is 0. The van der Waals surface area contributed by atoms with Crippen LogP contribution in [0.2, 0.25) is 0 Å². The van der Waals surface area contributed by atoms with Crippen LogP contribution in [0, 0.1) is 13.8 Å². The highest BCUT2D eigenvalue weighted by Gasteiger charge is 2.11. The van der Waals surface area contributed by atoms with Gasteiger partial charge >= 0.3 is 0 Å². The zero-order valence-electron chi connectivity index (χ0n) is 16.3. The van der Waals surface area contributed by atoms with Crippen molar-refractivity contribution in [1.29, 1.82) is 0 Å². The minimum Gasteiger partial charge on any atom is -0.493 e. The second kappa shape index (κ2) is 10.8. The lowest BCUT2D eigenvalue weighted by atomic mass is 10.1. The number of hydrogen-bond acceptors (Lipinski definition) is 4. The second-order valence-corrected chi connectivity index (χ2v) is 7.76. The number of rotatable bonds is 7. The molecule has 2 N–H and O–H groups in total. The summed E-state index contributed by atoms with van der Waals surface area (Å²) >= 11 is 1.77. The summed E-state index contributed by atoms with van der Waals surface area (Å²) in [6, 6.07) is 6.52. The summed E-state index contributed by atoms with van der Waals surface area (Å²) in [4.78, 5) is 10.5. The van der Waals surface area contributed by atoms with Crippen molar-refractivity contribution in [1.82, 2.24) is 15.6 Å². The van der Waals surface area contributed by atoms with Gasteiger partial charge in [0.15, 0.2) is 5.96 Å². The SMILES string of the molecule is CCNC(=NCCc1sc(C)nc1C)NCCc1ccc2c(c1)CCO2.I. The molecule has 148 valence electrons. The van der Waals surface area contributed by atoms with Crippen molar-refractivity contribution in [3.63, 3.8) is 0 Å². The molecule has 1 aromatic heterocycles. The number of hydrogen-bond donors (Lipinski definition) is 2. The molecule has 0 saturated heterocycles. The molecule has 0 radical (unpaired) electrons. The molecule has 0 amide bonds. The molecule has 27 heavy (non-hydrogen) atoms. The van der Waals surface area contributed by atoms with E-state index in [0.717, 1.165) is 67.9 Å². The Morgan fingerprint density at radius 2 is 2.11 bits per heavy atom. The van der Waals surface area contributed by atoms with Crippen LogP contribution in [0.1, 0.15) is 33.6 Å². The largest absolute Gasteiger partial charge is 0.493 e. The molecule has 0 bridgehead atoms. The summed E-state index contributed by atoms with van der Waals surface area (Å²) in [6.45, 7) is 9.54. The van der Waals surface area contributed by atoms with E-state index >= 15 is 0 Å². The first-order valence-electron chi connectivity index (χ1n) is 9.35. The van der Waals surface area contributed by atoms with Crippen LogP contribution in [0.15, 0.2) is 23.2 Å². The molecule has 0 unspecified atom stereocenters. The van der Waals surface area contributed by atoms with Gasteiger partial charge in [-0.15, -0.1) is 35.3 Å². The van der Waals surface area contributed by atoms with Crippen LogP contribution in [-0.4, -0.2) is 37.2 Å². The predicted molar refractivity (Wildman–Crippen MR) is 124 cm³/mol. The molecule has 7 heteroatoms. The van der Waals surface area contributed by atoms with Gasteiger partial charge in [0, 0.05) is 37.4 Å². The van der Waals surface area contributed by atoms with Gasteiger partial charge in [0.25, 0.3) is 0 Å². The number of aromatic nitrogens is 1. The van der Waals surface area contributed by atoms with E-state index < -0.39 is 0 Å². The Morgan fingerprint density at radius 1 is 1.26 bits per heavy atom. The van der Waals surface area contributed by atoms with Crippen molar-refractivity contribution in [2.24, 2.45) is 4.99 Å². The maximum Gasteiger partial charge on any atom is 0.191 e. The van der Waals surface area contributed by atoms with Crippen molar-refractivity contribution >= 4 is 41.3 Å². The third kappa shape index (κ3) is 6.34. The Balaban J connectivity index is 0.00000261. The number of ether oxygens (including phenoxy) is 1. The molecule has 0 aliphatic carbocycles. The van der Waals surface area contributed by atoms with Gasteiger partial charge in [-0.25, -0.2) is 4.98 Å². The maximum atomic E-state index is 5.57. The lowest BCUT2D eigenvalue weighted by Gasteiger charge is -2.11. The number of benzene rings is 1. The zero-order valence-corrected chi connectivity index (χ0v) is 19.4. The van der Waals surface area contributed by atoms with Gasteiger partial charge in [-0.1, -0.05) is 12.1 Å². The number of nitrogens with zero attached hydrogens (tertiary/aromatic N) is 2. The Kier molecular flexibility index (Phi) is 8.82. The molecule has 0 saturated carbocycles. The molecule has 2 aromatic rings. The van der Waals surface area contributed by atoms with Crippen LogP contribution in [0.25, 0.3) is 0 Å². The minimum absolute atomic E-state index is 0. The fourth-order valence-electron chi connectivity index (χ4n) is 3.14. The normalized spacial score (nSPS) is 12.9. The lowest BCUT2D eigenvalue weighted by Crippen LogP contribution is -2.38. The maximum absolute atomic E-state index is 5.57. The Bertz CT molecular complexity index is 775. The average Bonchev–Trinajstić information content (AvgIpc) is 3.20. The highest BCUT2D eigenvalue weighted by molar-refractivity contribution is 14.0. The fraction of sp³-hybridized carbons (Fsp3) is 0.500. The van der Waals surface area contributed by atoms with Crippen LogP contribution in [0.4, 0.5) is 0 Å². The molecule has 0 fully saturated rings. The van der Waals surface area contributed by atoms with E-state index in [2.05, 4.69) is 54.6 Å². The third-order valence-electron chi connectivity index (χ3n) is 4.41. The number of aliphatic imine (C=N–C) groups is 1. The van der Waals surface area contributed by atoms with Crippen molar-refractivity contribution in [2.75, 3.05) is 26.2 Å². The molecule has 5 nitrogen and oxygen atoms in total. The summed E-state index contributed by atoms with van der Waals surface area (Å²) in [5.74, 6) is 1.93. The average molecular weight is 500 g/mol. The van der Waals surface area contributed by atoms with Gasteiger partial charge in [0.05, 0.1) is 17.3 Å². The molecular weight excluding hydrogens is 471 g/mol. The monoisotopic (exact) mass is 500 g/mol. The summed E-state index contributed by atoms with van der Waals surface area (Å²) in [5, 5.41) is 7.89. The topological polar surface area (TPSA) is 58.5 Å². The molecule has 1 aliphatic rings. The highest BCUT2D eigenvalue weighted by Crippen LogP contribution is 2.25. The van der Waals surface area contributed by atoms with Crippen molar-refractivity contribution < 1.29 is 4.74 Å². The van der Waals surface area contributed by atoms with Gasteiger partial charge in [-0.2, -0.15) is 0 Å². The molecule has 3 rings (SSSR count). The standard InChI is InChI=1S/C20H28N4OS.HI/c1-4-21-20(23-11-8-19-14(2)24-15(3)26-19)22-10-7-16-5-6-18-17(13-16)9-12-25-18;/h5-6,13H,4,7-12H2,1-3H3,(H2,21,22,23);1H. The molecule has 0 spiro atoms. The zero-order chi connectivity index (χ0) is 18.4. The number of nitrogens with one attached hydrogen (secondary N) is 2. The Morgan fingerprint density at radius 3 is 2.85 bits per heavy atom. The first-order valence-corrected chi connectivity index (χ1v) is 10.2. The van der Waals surface area contributed by atoms with Crippen molar-refractivity contribution in [3.8, 4) is 5.75 Å². The molecule has 1 aliphatic heterocycles. The van der Waals surface area contributed by atoms with Gasteiger partial charge in [-0.3, -0.25) is 4.99 Å². The van der Waals surface area contributed by atoms with E-state index in [4.69, 9.17) is 9.73 Å². The van der Waals surface area contributed by atoms with E-state index in [1.54, 1.807) is 11.3 Å². The van der Waals surface area contributed by atoms with E-state index in [1.807, 2.05) is 0 Å². The molecule has 2 heterocycles. The van der Waals surface area contributed by atoms with E-state index in [9.17, 15) is 0 Å².